The largest absolute Gasteiger partial charge is 0.481 e. The van der Waals surface area contributed by atoms with Gasteiger partial charge in [0.15, 0.2) is 0 Å². The van der Waals surface area contributed by atoms with Gasteiger partial charge in [0, 0.05) is 12.5 Å². The third-order valence-electron chi connectivity index (χ3n) is 12.0. The zero-order valence-corrected chi connectivity index (χ0v) is 37.0. The lowest BCUT2D eigenvalue weighted by molar-refractivity contribution is -0.150. The van der Waals surface area contributed by atoms with Gasteiger partial charge in [-0.1, -0.05) is 175 Å². The number of nitrogens with zero attached hydrogens (tertiary/aromatic N) is 1. The summed E-state index contributed by atoms with van der Waals surface area (Å²) >= 11 is 0. The molecule has 0 radical (unpaired) electrons. The van der Waals surface area contributed by atoms with Gasteiger partial charge in [-0.2, -0.15) is 0 Å². The second-order valence-electron chi connectivity index (χ2n) is 17.1. The van der Waals surface area contributed by atoms with Crippen molar-refractivity contribution in [3.63, 3.8) is 0 Å². The molecule has 0 aliphatic heterocycles. The lowest BCUT2D eigenvalue weighted by Gasteiger charge is -2.28. The number of rotatable bonds is 43. The molecule has 0 saturated carbocycles. The van der Waals surface area contributed by atoms with Crippen LogP contribution in [0.1, 0.15) is 253 Å². The topological polar surface area (TPSA) is 87.1 Å². The Morgan fingerprint density at radius 3 is 1.35 bits per heavy atom. The van der Waals surface area contributed by atoms with Gasteiger partial charge >= 0.3 is 11.9 Å². The number of ether oxygens (including phenoxy) is 1. The Morgan fingerprint density at radius 1 is 0.500 bits per heavy atom. The van der Waals surface area contributed by atoms with Crippen LogP contribution in [0.2, 0.25) is 0 Å². The molecule has 0 aliphatic rings. The first kappa shape index (κ1) is 52.9. The van der Waals surface area contributed by atoms with Crippen molar-refractivity contribution < 1.29 is 24.5 Å². The third kappa shape index (κ3) is 32.0. The summed E-state index contributed by atoms with van der Waals surface area (Å²) in [5.41, 5.74) is 0. The van der Waals surface area contributed by atoms with E-state index in [2.05, 4.69) is 39.5 Å². The number of unbranched alkanes of at least 4 members (excludes halogenated alkanes) is 22. The molecular weight excluding hydrogens is 671 g/mol. The Kier molecular flexibility index (Phi) is 39.2. The summed E-state index contributed by atoms with van der Waals surface area (Å²) in [5.74, 6) is -0.458. The monoisotopic (exact) mass is 766 g/mol. The van der Waals surface area contributed by atoms with Crippen LogP contribution in [0.5, 0.6) is 0 Å². The fourth-order valence-corrected chi connectivity index (χ4v) is 8.29. The molecule has 3 unspecified atom stereocenters. The van der Waals surface area contributed by atoms with Crippen molar-refractivity contribution in [1.29, 1.82) is 0 Å². The molecule has 0 spiro atoms. The van der Waals surface area contributed by atoms with Crippen molar-refractivity contribution >= 4 is 11.9 Å². The highest BCUT2D eigenvalue weighted by molar-refractivity contribution is 5.70. The number of carboxylic acids is 1. The molecule has 6 heteroatoms. The minimum absolute atomic E-state index is 0.00679. The predicted molar refractivity (Wildman–Crippen MR) is 232 cm³/mol. The molecule has 2 N–H and O–H groups in total. The highest BCUT2D eigenvalue weighted by atomic mass is 16.5. The predicted octanol–water partition coefficient (Wildman–Crippen LogP) is 14.2. The van der Waals surface area contributed by atoms with E-state index in [1.54, 1.807) is 0 Å². The van der Waals surface area contributed by atoms with Crippen LogP contribution in [0.15, 0.2) is 0 Å². The number of carbonyl (C=O) groups is 2. The first-order chi connectivity index (χ1) is 26.3. The average Bonchev–Trinajstić information content (AvgIpc) is 3.16. The summed E-state index contributed by atoms with van der Waals surface area (Å²) in [7, 11) is 0. The Labute approximate surface area is 337 Å². The molecule has 0 fully saturated rings. The number of hydrogen-bond acceptors (Lipinski definition) is 5. The van der Waals surface area contributed by atoms with Crippen molar-refractivity contribution in [2.75, 3.05) is 19.7 Å². The lowest BCUT2D eigenvalue weighted by Crippen LogP contribution is -2.37. The smallest absolute Gasteiger partial charge is 0.306 e. The minimum Gasteiger partial charge on any atom is -0.481 e. The van der Waals surface area contributed by atoms with Gasteiger partial charge in [0.2, 0.25) is 0 Å². The van der Waals surface area contributed by atoms with Gasteiger partial charge in [-0.3, -0.25) is 14.5 Å². The number of aliphatic hydroxyl groups is 1. The van der Waals surface area contributed by atoms with Crippen molar-refractivity contribution in [2.45, 2.75) is 265 Å². The van der Waals surface area contributed by atoms with E-state index in [1.807, 2.05) is 0 Å². The summed E-state index contributed by atoms with van der Waals surface area (Å²) in [6, 6.07) is 0.161. The number of carboxylic acid groups (broad SMARTS) is 1. The van der Waals surface area contributed by atoms with Gasteiger partial charge in [0.1, 0.15) is 6.10 Å². The van der Waals surface area contributed by atoms with Crippen molar-refractivity contribution in [2.24, 2.45) is 11.8 Å². The summed E-state index contributed by atoms with van der Waals surface area (Å²) < 4.78 is 6.04. The van der Waals surface area contributed by atoms with Crippen LogP contribution in [0.25, 0.3) is 0 Å². The molecule has 0 aliphatic carbocycles. The van der Waals surface area contributed by atoms with E-state index in [0.29, 0.717) is 12.3 Å². The minimum atomic E-state index is -0.589. The highest BCUT2D eigenvalue weighted by Gasteiger charge is 2.26. The van der Waals surface area contributed by atoms with Crippen LogP contribution in [0.4, 0.5) is 0 Å². The van der Waals surface area contributed by atoms with Gasteiger partial charge in [-0.25, -0.2) is 0 Å². The molecule has 322 valence electrons. The normalized spacial score (nSPS) is 13.5. The SMILES string of the molecule is CCCCCCCCC(CCCCCCCC)OC(=O)CCCCCCCN(CCCCCCC(C(=O)O)C(CCC)CCCCCCCC)C(C)CO. The third-order valence-corrected chi connectivity index (χ3v) is 12.0. The molecule has 0 bridgehead atoms. The first-order valence-corrected chi connectivity index (χ1v) is 24.1. The van der Waals surface area contributed by atoms with Gasteiger partial charge in [0.05, 0.1) is 12.5 Å². The number of aliphatic hydroxyl groups excluding tert-OH is 1. The lowest BCUT2D eigenvalue weighted by atomic mass is 9.81. The van der Waals surface area contributed by atoms with Crippen LogP contribution in [0, 0.1) is 11.8 Å². The van der Waals surface area contributed by atoms with Gasteiger partial charge < -0.3 is 14.9 Å². The Balaban J connectivity index is 4.40. The van der Waals surface area contributed by atoms with E-state index in [-0.39, 0.29) is 30.6 Å². The maximum atomic E-state index is 12.8. The van der Waals surface area contributed by atoms with E-state index >= 15 is 0 Å². The highest BCUT2D eigenvalue weighted by Crippen LogP contribution is 2.29. The zero-order valence-electron chi connectivity index (χ0n) is 37.0. The van der Waals surface area contributed by atoms with Crippen molar-refractivity contribution in [3.8, 4) is 0 Å². The van der Waals surface area contributed by atoms with Crippen molar-refractivity contribution in [1.82, 2.24) is 4.90 Å². The second-order valence-corrected chi connectivity index (χ2v) is 17.1. The molecule has 6 nitrogen and oxygen atoms in total. The van der Waals surface area contributed by atoms with Crippen LogP contribution in [0.3, 0.4) is 0 Å². The number of hydrogen-bond donors (Lipinski definition) is 2. The molecule has 0 aromatic heterocycles. The van der Waals surface area contributed by atoms with Gasteiger partial charge in [-0.05, 0) is 90.1 Å². The zero-order chi connectivity index (χ0) is 39.9. The fourth-order valence-electron chi connectivity index (χ4n) is 8.29. The van der Waals surface area contributed by atoms with Crippen LogP contribution >= 0.6 is 0 Å². The number of aliphatic carboxylic acids is 1. The molecule has 0 amide bonds. The molecule has 54 heavy (non-hydrogen) atoms. The molecule has 0 aromatic carbocycles. The molecule has 0 aromatic rings. The fraction of sp³-hybridized carbons (Fsp3) is 0.958. The molecule has 0 rings (SSSR count). The summed E-state index contributed by atoms with van der Waals surface area (Å²) in [5, 5.41) is 20.0. The van der Waals surface area contributed by atoms with Crippen LogP contribution in [-0.2, 0) is 14.3 Å². The summed E-state index contributed by atoms with van der Waals surface area (Å²) in [4.78, 5) is 27.4. The summed E-state index contributed by atoms with van der Waals surface area (Å²) in [6.45, 7) is 13.2. The quantitative estimate of drug-likeness (QED) is 0.0475. The average molecular weight is 766 g/mol. The first-order valence-electron chi connectivity index (χ1n) is 24.1. The van der Waals surface area contributed by atoms with Crippen LogP contribution in [-0.4, -0.2) is 58.9 Å². The van der Waals surface area contributed by atoms with Gasteiger partial charge in [0.25, 0.3) is 0 Å². The summed E-state index contributed by atoms with van der Waals surface area (Å²) in [6.07, 6.45) is 39.3. The van der Waals surface area contributed by atoms with E-state index in [0.717, 1.165) is 109 Å². The van der Waals surface area contributed by atoms with Crippen LogP contribution < -0.4 is 0 Å². The molecular formula is C48H95NO5. The Hall–Kier alpha value is -1.14. The second kappa shape index (κ2) is 40.1. The Bertz CT molecular complexity index is 790. The number of esters is 1. The maximum absolute atomic E-state index is 12.8. The van der Waals surface area contributed by atoms with E-state index < -0.39 is 5.97 Å². The van der Waals surface area contributed by atoms with Gasteiger partial charge in [-0.15, -0.1) is 0 Å². The van der Waals surface area contributed by atoms with E-state index in [4.69, 9.17) is 4.74 Å². The molecule has 3 atom stereocenters. The Morgan fingerprint density at radius 2 is 0.907 bits per heavy atom. The van der Waals surface area contributed by atoms with E-state index in [1.165, 1.54) is 116 Å². The maximum Gasteiger partial charge on any atom is 0.306 e. The number of carbonyl (C=O) groups excluding carboxylic acids is 1. The standard InChI is InChI=1S/C48H95NO5/c1-6-10-13-16-20-27-35-44(34-9-4)46(48(52)53)38-30-24-26-33-41-49(43(5)42-50)40-32-25-19-23-31-39-47(51)54-45(36-28-21-17-14-11-7-2)37-29-22-18-15-12-8-3/h43-46,50H,6-42H2,1-5H3,(H,52,53). The van der Waals surface area contributed by atoms with E-state index in [9.17, 15) is 19.8 Å². The molecule has 0 saturated heterocycles. The molecule has 0 heterocycles. The van der Waals surface area contributed by atoms with Crippen molar-refractivity contribution in [3.05, 3.63) is 0 Å².